The average Bonchev–Trinajstić information content (AvgIpc) is 2.98. The number of hydrogen-bond donors (Lipinski definition) is 0. The first-order valence-corrected chi connectivity index (χ1v) is 6.85. The fourth-order valence-electron chi connectivity index (χ4n) is 1.34. The molecular formula is C12H12O3S2. The van der Waals surface area contributed by atoms with E-state index in [0.29, 0.717) is 0 Å². The predicted octanol–water partition coefficient (Wildman–Crippen LogP) is 3.98. The molecule has 1 atom stereocenters. The summed E-state index contributed by atoms with van der Waals surface area (Å²) in [6, 6.07) is 7.54. The molecule has 0 aliphatic carbocycles. The van der Waals surface area contributed by atoms with Gasteiger partial charge in [-0.15, -0.1) is 23.1 Å². The third-order valence-corrected chi connectivity index (χ3v) is 4.40. The van der Waals surface area contributed by atoms with Crippen LogP contribution in [-0.4, -0.2) is 13.1 Å². The molecule has 90 valence electrons. The van der Waals surface area contributed by atoms with Crippen LogP contribution in [0.25, 0.3) is 0 Å². The fraction of sp³-hybridized carbons (Fsp3) is 0.250. The molecule has 2 heterocycles. The van der Waals surface area contributed by atoms with Crippen LogP contribution in [0.3, 0.4) is 0 Å². The molecule has 0 bridgehead atoms. The van der Waals surface area contributed by atoms with Crippen LogP contribution in [0.2, 0.25) is 0 Å². The highest BCUT2D eigenvalue weighted by molar-refractivity contribution is 8.01. The third-order valence-electron chi connectivity index (χ3n) is 2.20. The minimum absolute atomic E-state index is 0.173. The van der Waals surface area contributed by atoms with E-state index in [4.69, 9.17) is 4.42 Å². The Kier molecular flexibility index (Phi) is 3.91. The zero-order chi connectivity index (χ0) is 12.3. The Labute approximate surface area is 108 Å². The summed E-state index contributed by atoms with van der Waals surface area (Å²) in [4.78, 5) is 11.2. The molecule has 0 fully saturated rings. The molecule has 5 heteroatoms. The summed E-state index contributed by atoms with van der Waals surface area (Å²) in [6.07, 6.45) is 0. The van der Waals surface area contributed by atoms with Gasteiger partial charge in [0.25, 0.3) is 0 Å². The summed E-state index contributed by atoms with van der Waals surface area (Å²) in [5.74, 6) is 0.592. The van der Waals surface area contributed by atoms with Crippen molar-refractivity contribution < 1.29 is 13.9 Å². The van der Waals surface area contributed by atoms with Gasteiger partial charge in [-0.1, -0.05) is 6.07 Å². The van der Waals surface area contributed by atoms with E-state index in [-0.39, 0.29) is 11.0 Å². The van der Waals surface area contributed by atoms with E-state index in [1.54, 1.807) is 29.2 Å². The maximum Gasteiger partial charge on any atom is 0.373 e. The molecule has 0 saturated heterocycles. The average molecular weight is 268 g/mol. The van der Waals surface area contributed by atoms with Gasteiger partial charge in [-0.05, 0) is 30.5 Å². The van der Waals surface area contributed by atoms with Gasteiger partial charge in [-0.25, -0.2) is 4.79 Å². The van der Waals surface area contributed by atoms with Crippen molar-refractivity contribution >= 4 is 29.1 Å². The van der Waals surface area contributed by atoms with Gasteiger partial charge in [0.2, 0.25) is 5.76 Å². The van der Waals surface area contributed by atoms with Gasteiger partial charge in [-0.2, -0.15) is 0 Å². The normalized spacial score (nSPS) is 12.4. The number of carbonyl (C=O) groups excluding carboxylic acids is 1. The molecule has 0 amide bonds. The molecule has 1 unspecified atom stereocenters. The lowest BCUT2D eigenvalue weighted by Crippen LogP contribution is -1.98. The Morgan fingerprint density at radius 1 is 1.47 bits per heavy atom. The lowest BCUT2D eigenvalue weighted by atomic mass is 10.3. The second kappa shape index (κ2) is 5.42. The van der Waals surface area contributed by atoms with Crippen molar-refractivity contribution in [2.45, 2.75) is 16.4 Å². The Hall–Kier alpha value is -1.20. The van der Waals surface area contributed by atoms with Crippen LogP contribution >= 0.6 is 23.1 Å². The summed E-state index contributed by atoms with van der Waals surface area (Å²) in [6.45, 7) is 2.05. The Bertz CT molecular complexity index is 488. The molecule has 0 spiro atoms. The van der Waals surface area contributed by atoms with Crippen molar-refractivity contribution in [3.8, 4) is 0 Å². The second-order valence-corrected chi connectivity index (χ2v) is 5.97. The highest BCUT2D eigenvalue weighted by atomic mass is 32.2. The molecule has 3 nitrogen and oxygen atoms in total. The van der Waals surface area contributed by atoms with Gasteiger partial charge in [0.1, 0.15) is 5.76 Å². The van der Waals surface area contributed by atoms with Crippen molar-refractivity contribution in [1.82, 2.24) is 0 Å². The zero-order valence-corrected chi connectivity index (χ0v) is 11.1. The van der Waals surface area contributed by atoms with Gasteiger partial charge in [-0.3, -0.25) is 0 Å². The Balaban J connectivity index is 2.07. The van der Waals surface area contributed by atoms with Gasteiger partial charge < -0.3 is 9.15 Å². The first kappa shape index (κ1) is 12.3. The molecule has 0 radical (unpaired) electrons. The smallest absolute Gasteiger partial charge is 0.373 e. The number of rotatable bonds is 4. The minimum atomic E-state index is -0.440. The molecular weight excluding hydrogens is 256 g/mol. The zero-order valence-electron chi connectivity index (χ0n) is 9.51. The summed E-state index contributed by atoms with van der Waals surface area (Å²) < 4.78 is 11.3. The van der Waals surface area contributed by atoms with Gasteiger partial charge in [0.15, 0.2) is 0 Å². The number of thioether (sulfide) groups is 1. The van der Waals surface area contributed by atoms with E-state index in [9.17, 15) is 4.79 Å². The predicted molar refractivity (Wildman–Crippen MR) is 68.6 cm³/mol. The summed E-state index contributed by atoms with van der Waals surface area (Å²) in [5, 5.41) is 2.21. The number of hydrogen-bond acceptors (Lipinski definition) is 5. The Morgan fingerprint density at radius 3 is 2.94 bits per heavy atom. The first-order chi connectivity index (χ1) is 8.20. The lowest BCUT2D eigenvalue weighted by Gasteiger charge is -2.05. The Morgan fingerprint density at radius 2 is 2.29 bits per heavy atom. The standard InChI is InChI=1S/C12H12O3S2/c1-8(17-11-4-3-7-16-11)9-5-6-10(15-9)12(13)14-2/h3-8H,1-2H3. The molecule has 0 saturated carbocycles. The van der Waals surface area contributed by atoms with Crippen LogP contribution in [0.1, 0.15) is 28.5 Å². The number of methoxy groups -OCH3 is 1. The van der Waals surface area contributed by atoms with Gasteiger partial charge in [0.05, 0.1) is 16.6 Å². The van der Waals surface area contributed by atoms with Crippen molar-refractivity contribution in [2.24, 2.45) is 0 Å². The lowest BCUT2D eigenvalue weighted by molar-refractivity contribution is 0.0563. The third kappa shape index (κ3) is 2.92. The maximum atomic E-state index is 11.2. The van der Waals surface area contributed by atoms with E-state index >= 15 is 0 Å². The van der Waals surface area contributed by atoms with Crippen LogP contribution in [0.15, 0.2) is 38.3 Å². The summed E-state index contributed by atoms with van der Waals surface area (Å²) >= 11 is 3.40. The van der Waals surface area contributed by atoms with Crippen molar-refractivity contribution in [3.63, 3.8) is 0 Å². The van der Waals surface area contributed by atoms with Crippen molar-refractivity contribution in [1.29, 1.82) is 0 Å². The topological polar surface area (TPSA) is 39.4 Å². The number of carbonyl (C=O) groups is 1. The minimum Gasteiger partial charge on any atom is -0.463 e. The fourth-order valence-corrected chi connectivity index (χ4v) is 3.36. The second-order valence-electron chi connectivity index (χ2n) is 3.39. The van der Waals surface area contributed by atoms with Crippen LogP contribution < -0.4 is 0 Å². The highest BCUT2D eigenvalue weighted by Crippen LogP contribution is 2.37. The molecule has 2 aromatic rings. The van der Waals surface area contributed by atoms with Crippen molar-refractivity contribution in [3.05, 3.63) is 41.2 Å². The van der Waals surface area contributed by atoms with Crippen LogP contribution in [0.5, 0.6) is 0 Å². The summed E-state index contributed by atoms with van der Waals surface area (Å²) in [7, 11) is 1.34. The molecule has 0 aliphatic rings. The van der Waals surface area contributed by atoms with E-state index in [0.717, 1.165) is 5.76 Å². The quantitative estimate of drug-likeness (QED) is 0.621. The first-order valence-electron chi connectivity index (χ1n) is 5.09. The molecule has 2 rings (SSSR count). The number of ether oxygens (including phenoxy) is 1. The molecule has 17 heavy (non-hydrogen) atoms. The van der Waals surface area contributed by atoms with E-state index in [2.05, 4.69) is 10.8 Å². The monoisotopic (exact) mass is 268 g/mol. The van der Waals surface area contributed by atoms with Crippen molar-refractivity contribution in [2.75, 3.05) is 7.11 Å². The van der Waals surface area contributed by atoms with Gasteiger partial charge in [0, 0.05) is 0 Å². The largest absolute Gasteiger partial charge is 0.463 e. The number of furan rings is 1. The SMILES string of the molecule is COC(=O)c1ccc(C(C)Sc2cccs2)o1. The van der Waals surface area contributed by atoms with Gasteiger partial charge >= 0.3 is 5.97 Å². The van der Waals surface area contributed by atoms with Crippen LogP contribution in [0.4, 0.5) is 0 Å². The van der Waals surface area contributed by atoms with Crippen LogP contribution in [0, 0.1) is 0 Å². The molecule has 0 N–H and O–H groups in total. The number of thiophene rings is 1. The number of esters is 1. The molecule has 0 aliphatic heterocycles. The summed E-state index contributed by atoms with van der Waals surface area (Å²) in [5.41, 5.74) is 0. The van der Waals surface area contributed by atoms with E-state index in [1.807, 2.05) is 24.4 Å². The highest BCUT2D eigenvalue weighted by Gasteiger charge is 2.16. The van der Waals surface area contributed by atoms with Crippen LogP contribution in [-0.2, 0) is 4.74 Å². The van der Waals surface area contributed by atoms with E-state index in [1.165, 1.54) is 11.3 Å². The van der Waals surface area contributed by atoms with E-state index < -0.39 is 5.97 Å². The molecule has 2 aromatic heterocycles. The molecule has 0 aromatic carbocycles. The maximum absolute atomic E-state index is 11.2.